The van der Waals surface area contributed by atoms with Gasteiger partial charge in [0.25, 0.3) is 0 Å². The Bertz CT molecular complexity index is 1020. The Balaban J connectivity index is 1.68. The second-order valence-corrected chi connectivity index (χ2v) is 8.27. The van der Waals surface area contributed by atoms with Crippen molar-refractivity contribution in [2.75, 3.05) is 50.7 Å². The van der Waals surface area contributed by atoms with E-state index in [1.165, 1.54) is 6.07 Å². The highest BCUT2D eigenvalue weighted by Crippen LogP contribution is 2.40. The minimum absolute atomic E-state index is 0.0154. The molecule has 4 N–H and O–H groups in total. The topological polar surface area (TPSA) is 78.1 Å². The van der Waals surface area contributed by atoms with Crippen molar-refractivity contribution in [2.24, 2.45) is 4.99 Å². The first-order chi connectivity index (χ1) is 15.2. The summed E-state index contributed by atoms with van der Waals surface area (Å²) < 4.78 is 45.2. The number of guanidine groups is 1. The van der Waals surface area contributed by atoms with E-state index < -0.39 is 11.7 Å². The number of alkyl halides is 3. The highest BCUT2D eigenvalue weighted by atomic mass is 19.4. The molecule has 2 aromatic carbocycles. The van der Waals surface area contributed by atoms with E-state index in [4.69, 9.17) is 15.5 Å². The summed E-state index contributed by atoms with van der Waals surface area (Å²) in [5.41, 5.74) is 6.82. The van der Waals surface area contributed by atoms with Gasteiger partial charge in [-0.05, 0) is 44.8 Å². The minimum Gasteiger partial charge on any atom is -0.495 e. The summed E-state index contributed by atoms with van der Waals surface area (Å²) in [5, 5.41) is 6.16. The molecular weight excluding hydrogens is 421 g/mol. The number of hydrogen-bond acceptors (Lipinski definition) is 7. The number of para-hydroxylation sites is 1. The maximum atomic E-state index is 13.2. The quantitative estimate of drug-likeness (QED) is 0.618. The molecule has 2 heterocycles. The molecule has 10 heteroatoms. The first-order valence-electron chi connectivity index (χ1n) is 10.3. The average Bonchev–Trinajstić information content (AvgIpc) is 3.22. The van der Waals surface area contributed by atoms with Crippen LogP contribution in [0.1, 0.15) is 23.7 Å². The van der Waals surface area contributed by atoms with E-state index in [1.807, 2.05) is 18.2 Å². The molecule has 2 aliphatic heterocycles. The molecule has 2 aromatic rings. The van der Waals surface area contributed by atoms with Crippen molar-refractivity contribution < 1.29 is 17.9 Å². The van der Waals surface area contributed by atoms with Crippen LogP contribution < -0.4 is 21.1 Å². The number of nitrogens with two attached hydrogens (primary N) is 1. The Hall–Kier alpha value is -2.98. The third-order valence-electron chi connectivity index (χ3n) is 5.87. The van der Waals surface area contributed by atoms with Gasteiger partial charge in [-0.25, -0.2) is 4.99 Å². The summed E-state index contributed by atoms with van der Waals surface area (Å²) in [6.45, 7) is 1.69. The molecule has 0 amide bonds. The molecule has 32 heavy (non-hydrogen) atoms. The molecule has 2 atom stereocenters. The van der Waals surface area contributed by atoms with Crippen LogP contribution in [0.3, 0.4) is 0 Å². The van der Waals surface area contributed by atoms with Gasteiger partial charge in [0.15, 0.2) is 0 Å². The zero-order valence-electron chi connectivity index (χ0n) is 18.2. The first-order valence-corrected chi connectivity index (χ1v) is 10.3. The third-order valence-corrected chi connectivity index (χ3v) is 5.87. The van der Waals surface area contributed by atoms with Crippen LogP contribution in [0.25, 0.3) is 0 Å². The monoisotopic (exact) mass is 448 g/mol. The van der Waals surface area contributed by atoms with Gasteiger partial charge in [0.05, 0.1) is 18.4 Å². The number of hydrogen-bond donors (Lipinski definition) is 3. The van der Waals surface area contributed by atoms with Crippen LogP contribution in [0.5, 0.6) is 5.75 Å². The van der Waals surface area contributed by atoms with Gasteiger partial charge < -0.3 is 26.0 Å². The molecule has 0 aliphatic carbocycles. The lowest BCUT2D eigenvalue weighted by atomic mass is 10.1. The third kappa shape index (κ3) is 4.46. The highest BCUT2D eigenvalue weighted by Gasteiger charge is 2.35. The average molecular weight is 448 g/mol. The van der Waals surface area contributed by atoms with Gasteiger partial charge in [-0.3, -0.25) is 4.90 Å². The maximum absolute atomic E-state index is 13.2. The number of aliphatic imine (C=N–C) groups is 1. The lowest BCUT2D eigenvalue weighted by Gasteiger charge is -2.32. The van der Waals surface area contributed by atoms with Crippen molar-refractivity contribution in [1.82, 2.24) is 9.80 Å². The van der Waals surface area contributed by atoms with Gasteiger partial charge in [0, 0.05) is 36.1 Å². The number of likely N-dealkylation sites (tertiary alicyclic amines) is 1. The van der Waals surface area contributed by atoms with Gasteiger partial charge in [0.1, 0.15) is 11.9 Å². The summed E-state index contributed by atoms with van der Waals surface area (Å²) in [5.74, 6) is 0.965. The molecule has 7 nitrogen and oxygen atoms in total. The van der Waals surface area contributed by atoms with E-state index in [-0.39, 0.29) is 17.5 Å². The Kier molecular flexibility index (Phi) is 5.91. The molecule has 1 fully saturated rings. The van der Waals surface area contributed by atoms with E-state index in [2.05, 4.69) is 34.5 Å². The van der Waals surface area contributed by atoms with E-state index in [9.17, 15) is 13.2 Å². The van der Waals surface area contributed by atoms with Crippen molar-refractivity contribution in [3.63, 3.8) is 0 Å². The molecule has 172 valence electrons. The van der Waals surface area contributed by atoms with Gasteiger partial charge in [-0.2, -0.15) is 13.2 Å². The smallest absolute Gasteiger partial charge is 0.416 e. The molecular formula is C22H27F3N6O. The molecule has 1 unspecified atom stereocenters. The number of anilines is 3. The summed E-state index contributed by atoms with van der Waals surface area (Å²) in [4.78, 5) is 9.28. The van der Waals surface area contributed by atoms with Crippen molar-refractivity contribution in [2.45, 2.75) is 24.8 Å². The largest absolute Gasteiger partial charge is 0.495 e. The van der Waals surface area contributed by atoms with Crippen LogP contribution in [0.15, 0.2) is 41.4 Å². The SMILES string of the molecule is COc1cccc2c1NC(Nc1cc(N)cc(C(F)(F)F)c1)=N[C@H]2N1CCC(N(C)C)C1. The zero-order valence-corrected chi connectivity index (χ0v) is 18.2. The van der Waals surface area contributed by atoms with Crippen LogP contribution in [0, 0.1) is 0 Å². The number of ether oxygens (including phenoxy) is 1. The van der Waals surface area contributed by atoms with Crippen molar-refractivity contribution in [1.29, 1.82) is 0 Å². The summed E-state index contributed by atoms with van der Waals surface area (Å²) >= 11 is 0. The Morgan fingerprint density at radius 2 is 2.03 bits per heavy atom. The highest BCUT2D eigenvalue weighted by molar-refractivity contribution is 6.06. The zero-order chi connectivity index (χ0) is 23.0. The van der Waals surface area contributed by atoms with E-state index in [1.54, 1.807) is 7.11 Å². The fraction of sp³-hybridized carbons (Fsp3) is 0.409. The Morgan fingerprint density at radius 3 is 2.69 bits per heavy atom. The van der Waals surface area contributed by atoms with Crippen LogP contribution in [0.2, 0.25) is 0 Å². The molecule has 2 aliphatic rings. The molecule has 0 saturated carbocycles. The number of nitrogen functional groups attached to an aromatic ring is 1. The minimum atomic E-state index is -4.50. The standard InChI is InChI=1S/C22H27F3N6O/c1-30(2)16-7-8-31(12-16)20-17-5-4-6-18(32-3)19(17)28-21(29-20)27-15-10-13(22(23,24)25)9-14(26)11-15/h4-6,9-11,16,20H,7-8,12,26H2,1-3H3,(H2,27,28,29)/t16?,20-/m0/s1. The first kappa shape index (κ1) is 22.2. The number of fused-ring (bicyclic) bond motifs is 1. The summed E-state index contributed by atoms with van der Waals surface area (Å²) in [6, 6.07) is 9.52. The molecule has 0 bridgehead atoms. The van der Waals surface area contributed by atoms with Crippen LogP contribution in [-0.4, -0.2) is 56.1 Å². The molecule has 4 rings (SSSR count). The predicted molar refractivity (Wildman–Crippen MR) is 120 cm³/mol. The molecule has 1 saturated heterocycles. The van der Waals surface area contributed by atoms with Gasteiger partial charge in [-0.1, -0.05) is 12.1 Å². The second-order valence-electron chi connectivity index (χ2n) is 8.27. The fourth-order valence-corrected chi connectivity index (χ4v) is 4.19. The molecule has 0 aromatic heterocycles. The number of methoxy groups -OCH3 is 1. The number of halogens is 3. The Morgan fingerprint density at radius 1 is 1.25 bits per heavy atom. The van der Waals surface area contributed by atoms with Crippen molar-refractivity contribution >= 4 is 23.0 Å². The summed E-state index contributed by atoms with van der Waals surface area (Å²) in [7, 11) is 5.69. The van der Waals surface area contributed by atoms with E-state index >= 15 is 0 Å². The number of likely N-dealkylation sites (N-methyl/N-ethyl adjacent to an activating group) is 1. The number of nitrogens with one attached hydrogen (secondary N) is 2. The van der Waals surface area contributed by atoms with Gasteiger partial charge >= 0.3 is 6.18 Å². The van der Waals surface area contributed by atoms with Crippen LogP contribution in [-0.2, 0) is 6.18 Å². The van der Waals surface area contributed by atoms with Gasteiger partial charge in [0.2, 0.25) is 5.96 Å². The lowest BCUT2D eigenvalue weighted by molar-refractivity contribution is -0.137. The van der Waals surface area contributed by atoms with Gasteiger partial charge in [-0.15, -0.1) is 0 Å². The Labute approximate surface area is 185 Å². The normalized spacial score (nSPS) is 21.2. The maximum Gasteiger partial charge on any atom is 0.416 e. The fourth-order valence-electron chi connectivity index (χ4n) is 4.19. The van der Waals surface area contributed by atoms with E-state index in [0.717, 1.165) is 42.9 Å². The number of nitrogens with zero attached hydrogens (tertiary/aromatic N) is 3. The van der Waals surface area contributed by atoms with Crippen molar-refractivity contribution in [3.8, 4) is 5.75 Å². The second kappa shape index (κ2) is 8.51. The number of benzene rings is 2. The predicted octanol–water partition coefficient (Wildman–Crippen LogP) is 3.82. The summed E-state index contributed by atoms with van der Waals surface area (Å²) in [6.07, 6.45) is -3.78. The van der Waals surface area contributed by atoms with Crippen molar-refractivity contribution in [3.05, 3.63) is 47.5 Å². The van der Waals surface area contributed by atoms with Crippen LogP contribution >= 0.6 is 0 Å². The molecule has 0 radical (unpaired) electrons. The van der Waals surface area contributed by atoms with E-state index in [0.29, 0.717) is 17.8 Å². The molecule has 0 spiro atoms. The lowest BCUT2D eigenvalue weighted by Crippen LogP contribution is -2.36. The van der Waals surface area contributed by atoms with Crippen LogP contribution in [0.4, 0.5) is 30.2 Å². The number of rotatable bonds is 4.